The Kier molecular flexibility index (Phi) is 5.72. The number of esters is 1. The lowest BCUT2D eigenvalue weighted by Crippen LogP contribution is -2.22. The Balaban J connectivity index is 1.37. The molecule has 0 fully saturated rings. The third-order valence-corrected chi connectivity index (χ3v) is 6.05. The molecule has 170 valence electrons. The summed E-state index contributed by atoms with van der Waals surface area (Å²) in [4.78, 5) is 25.4. The molecule has 5 rings (SSSR count). The van der Waals surface area contributed by atoms with Gasteiger partial charge in [-0.1, -0.05) is 48.0 Å². The topological polar surface area (TPSA) is 80.9 Å². The highest BCUT2D eigenvalue weighted by atomic mass is 16.5. The van der Waals surface area contributed by atoms with Crippen LogP contribution in [-0.2, 0) is 6.42 Å². The van der Waals surface area contributed by atoms with Crippen molar-refractivity contribution in [1.82, 2.24) is 5.43 Å². The molecule has 1 aliphatic rings. The number of hydrogen-bond donors (Lipinski definition) is 1. The van der Waals surface area contributed by atoms with E-state index in [1.807, 2.05) is 62.4 Å². The van der Waals surface area contributed by atoms with E-state index in [2.05, 4.69) is 10.5 Å². The largest absolute Gasteiger partial charge is 0.453 e. The second-order valence-corrected chi connectivity index (χ2v) is 8.47. The minimum atomic E-state index is -0.551. The molecule has 0 unspecified atom stereocenters. The van der Waals surface area contributed by atoms with Crippen molar-refractivity contribution in [2.24, 2.45) is 5.10 Å². The van der Waals surface area contributed by atoms with E-state index in [4.69, 9.17) is 9.15 Å². The lowest BCUT2D eigenvalue weighted by Gasteiger charge is -2.13. The predicted octanol–water partition coefficient (Wildman–Crippen LogP) is 5.74. The number of fused-ring (bicyclic) bond motifs is 2. The molecule has 6 nitrogen and oxygen atoms in total. The highest BCUT2D eigenvalue weighted by Crippen LogP contribution is 2.31. The number of hydrogen-bond acceptors (Lipinski definition) is 5. The Morgan fingerprint density at radius 3 is 2.50 bits per heavy atom. The molecule has 0 atom stereocenters. The SMILES string of the molecule is Cc1ccc(C(=O)N/N=C2\CCCc3oc(C(=O)Oc4ccc5ccccc5c4)c(C)c32)cc1. The van der Waals surface area contributed by atoms with E-state index < -0.39 is 5.97 Å². The number of nitrogens with one attached hydrogen (secondary N) is 1. The molecule has 1 amide bonds. The van der Waals surface area contributed by atoms with Crippen LogP contribution in [0.3, 0.4) is 0 Å². The monoisotopic (exact) mass is 452 g/mol. The smallest absolute Gasteiger partial charge is 0.379 e. The van der Waals surface area contributed by atoms with Crippen molar-refractivity contribution >= 4 is 28.4 Å². The van der Waals surface area contributed by atoms with Gasteiger partial charge in [0.05, 0.1) is 5.71 Å². The van der Waals surface area contributed by atoms with Crippen LogP contribution in [0.4, 0.5) is 0 Å². The highest BCUT2D eigenvalue weighted by Gasteiger charge is 2.29. The first kappa shape index (κ1) is 21.6. The normalized spacial score (nSPS) is 14.1. The molecule has 0 spiro atoms. The van der Waals surface area contributed by atoms with Crippen LogP contribution < -0.4 is 10.2 Å². The molecule has 0 bridgehead atoms. The van der Waals surface area contributed by atoms with Gasteiger partial charge < -0.3 is 9.15 Å². The zero-order chi connectivity index (χ0) is 23.7. The Hall–Kier alpha value is -4.19. The molecule has 0 saturated carbocycles. The van der Waals surface area contributed by atoms with Gasteiger partial charge in [0.15, 0.2) is 0 Å². The molecule has 0 radical (unpaired) electrons. The van der Waals surface area contributed by atoms with Crippen LogP contribution in [0.2, 0.25) is 0 Å². The zero-order valence-corrected chi connectivity index (χ0v) is 19.1. The van der Waals surface area contributed by atoms with Crippen LogP contribution in [0.1, 0.15) is 56.2 Å². The first-order valence-corrected chi connectivity index (χ1v) is 11.3. The average molecular weight is 453 g/mol. The minimum Gasteiger partial charge on any atom is -0.453 e. The Bertz CT molecular complexity index is 1430. The van der Waals surface area contributed by atoms with Crippen molar-refractivity contribution in [3.8, 4) is 5.75 Å². The van der Waals surface area contributed by atoms with Gasteiger partial charge in [-0.2, -0.15) is 5.10 Å². The molecule has 6 heteroatoms. The summed E-state index contributed by atoms with van der Waals surface area (Å²) in [5.74, 6) is 0.480. The minimum absolute atomic E-state index is 0.164. The standard InChI is InChI=1S/C28H24N2O4/c1-17-10-12-20(13-11-17)27(31)30-29-23-8-5-9-24-25(23)18(2)26(34-24)28(32)33-22-15-14-19-6-3-4-7-21(19)16-22/h3-4,6-7,10-16H,5,8-9H2,1-2H3,(H,30,31)/b29-23+. The van der Waals surface area contributed by atoms with Crippen LogP contribution in [0.25, 0.3) is 10.8 Å². The molecular weight excluding hydrogens is 428 g/mol. The van der Waals surface area contributed by atoms with Crippen molar-refractivity contribution in [3.63, 3.8) is 0 Å². The van der Waals surface area contributed by atoms with E-state index in [1.165, 1.54) is 0 Å². The summed E-state index contributed by atoms with van der Waals surface area (Å²) in [6.45, 7) is 3.79. The number of aryl methyl sites for hydroxylation is 2. The van der Waals surface area contributed by atoms with Gasteiger partial charge in [0.25, 0.3) is 5.91 Å². The van der Waals surface area contributed by atoms with E-state index >= 15 is 0 Å². The summed E-state index contributed by atoms with van der Waals surface area (Å²) in [6, 6.07) is 20.7. The fourth-order valence-corrected chi connectivity index (χ4v) is 4.25. The zero-order valence-electron chi connectivity index (χ0n) is 19.1. The fraction of sp³-hybridized carbons (Fsp3) is 0.179. The molecule has 34 heavy (non-hydrogen) atoms. The summed E-state index contributed by atoms with van der Waals surface area (Å²) in [5, 5.41) is 6.44. The van der Waals surface area contributed by atoms with Gasteiger partial charge in [-0.05, 0) is 61.7 Å². The molecule has 1 heterocycles. The van der Waals surface area contributed by atoms with Crippen LogP contribution in [0, 0.1) is 13.8 Å². The quantitative estimate of drug-likeness (QED) is 0.243. The number of amides is 1. The van der Waals surface area contributed by atoms with Gasteiger partial charge in [0, 0.05) is 23.1 Å². The number of carbonyl (C=O) groups excluding carboxylic acids is 2. The Morgan fingerprint density at radius 2 is 1.71 bits per heavy atom. The number of furan rings is 1. The van der Waals surface area contributed by atoms with Crippen molar-refractivity contribution in [3.05, 3.63) is 101 Å². The molecule has 0 aliphatic heterocycles. The fourth-order valence-electron chi connectivity index (χ4n) is 4.25. The maximum atomic E-state index is 12.9. The Labute approximate surface area is 197 Å². The van der Waals surface area contributed by atoms with Gasteiger partial charge in [0.2, 0.25) is 5.76 Å². The van der Waals surface area contributed by atoms with Crippen molar-refractivity contribution < 1.29 is 18.7 Å². The van der Waals surface area contributed by atoms with Gasteiger partial charge in [-0.25, -0.2) is 10.2 Å². The van der Waals surface area contributed by atoms with E-state index in [-0.39, 0.29) is 11.7 Å². The van der Waals surface area contributed by atoms with Gasteiger partial charge in [-0.3, -0.25) is 4.79 Å². The van der Waals surface area contributed by atoms with E-state index in [0.29, 0.717) is 41.2 Å². The van der Waals surface area contributed by atoms with Crippen LogP contribution in [0.15, 0.2) is 76.2 Å². The molecule has 4 aromatic rings. The second kappa shape index (κ2) is 8.98. The van der Waals surface area contributed by atoms with E-state index in [9.17, 15) is 9.59 Å². The van der Waals surface area contributed by atoms with Gasteiger partial charge in [-0.15, -0.1) is 0 Å². The molecule has 0 saturated heterocycles. The predicted molar refractivity (Wildman–Crippen MR) is 130 cm³/mol. The molecule has 1 aromatic heterocycles. The molecule has 1 N–H and O–H groups in total. The van der Waals surface area contributed by atoms with E-state index in [1.54, 1.807) is 18.2 Å². The molecular formula is C28H24N2O4. The molecule has 3 aromatic carbocycles. The summed E-state index contributed by atoms with van der Waals surface area (Å²) in [7, 11) is 0. The summed E-state index contributed by atoms with van der Waals surface area (Å²) in [6.07, 6.45) is 2.20. The average Bonchev–Trinajstić information content (AvgIpc) is 3.20. The number of carbonyl (C=O) groups is 2. The number of hydrazone groups is 1. The highest BCUT2D eigenvalue weighted by molar-refractivity contribution is 6.06. The van der Waals surface area contributed by atoms with Crippen LogP contribution >= 0.6 is 0 Å². The van der Waals surface area contributed by atoms with E-state index in [0.717, 1.165) is 28.3 Å². The first-order chi connectivity index (χ1) is 16.5. The summed E-state index contributed by atoms with van der Waals surface area (Å²) < 4.78 is 11.6. The maximum Gasteiger partial charge on any atom is 0.379 e. The van der Waals surface area contributed by atoms with Crippen LogP contribution in [0.5, 0.6) is 5.75 Å². The van der Waals surface area contributed by atoms with Crippen molar-refractivity contribution in [2.75, 3.05) is 0 Å². The number of nitrogens with zero attached hydrogens (tertiary/aromatic N) is 1. The molecule has 1 aliphatic carbocycles. The number of benzene rings is 3. The van der Waals surface area contributed by atoms with Crippen LogP contribution in [-0.4, -0.2) is 17.6 Å². The summed E-state index contributed by atoms with van der Waals surface area (Å²) in [5.41, 5.74) is 6.41. The van der Waals surface area contributed by atoms with Gasteiger partial charge >= 0.3 is 5.97 Å². The Morgan fingerprint density at radius 1 is 0.941 bits per heavy atom. The maximum absolute atomic E-state index is 12.9. The van der Waals surface area contributed by atoms with Crippen molar-refractivity contribution in [1.29, 1.82) is 0 Å². The number of rotatable bonds is 4. The summed E-state index contributed by atoms with van der Waals surface area (Å²) >= 11 is 0. The lowest BCUT2D eigenvalue weighted by molar-refractivity contribution is 0.0698. The lowest BCUT2D eigenvalue weighted by atomic mass is 9.93. The van der Waals surface area contributed by atoms with Crippen molar-refractivity contribution in [2.45, 2.75) is 33.1 Å². The third kappa shape index (κ3) is 4.22. The van der Waals surface area contributed by atoms with Gasteiger partial charge in [0.1, 0.15) is 11.5 Å². The first-order valence-electron chi connectivity index (χ1n) is 11.3. The second-order valence-electron chi connectivity index (χ2n) is 8.47. The number of ether oxygens (including phenoxy) is 1. The third-order valence-electron chi connectivity index (χ3n) is 6.05.